The Morgan fingerprint density at radius 3 is 3.12 bits per heavy atom. The molecule has 0 aliphatic carbocycles. The van der Waals surface area contributed by atoms with Gasteiger partial charge in [0.15, 0.2) is 0 Å². The Hall–Kier alpha value is -0.930. The number of benzene rings is 1. The van der Waals surface area contributed by atoms with Gasteiger partial charge < -0.3 is 15.0 Å². The predicted molar refractivity (Wildman–Crippen MR) is 72.3 cm³/mol. The van der Waals surface area contributed by atoms with Crippen LogP contribution in [0, 0.1) is 0 Å². The Morgan fingerprint density at radius 2 is 2.35 bits per heavy atom. The van der Waals surface area contributed by atoms with Crippen LogP contribution in [0.25, 0.3) is 0 Å². The summed E-state index contributed by atoms with van der Waals surface area (Å²) in [5.74, 6) is 0.932. The van der Waals surface area contributed by atoms with Crippen molar-refractivity contribution in [2.45, 2.75) is 18.9 Å². The summed E-state index contributed by atoms with van der Waals surface area (Å²) in [4.78, 5) is 2.28. The van der Waals surface area contributed by atoms with Gasteiger partial charge in [-0.3, -0.25) is 0 Å². The molecule has 17 heavy (non-hydrogen) atoms. The number of halogens is 1. The SMILES string of the molecule is CNCCCC1COc2ccc(Cl)cc2N1C. The van der Waals surface area contributed by atoms with E-state index in [4.69, 9.17) is 16.3 Å². The highest BCUT2D eigenvalue weighted by atomic mass is 35.5. The molecule has 0 bridgehead atoms. The molecular formula is C13H19ClN2O. The van der Waals surface area contributed by atoms with Gasteiger partial charge in [-0.25, -0.2) is 0 Å². The molecule has 0 radical (unpaired) electrons. The average Bonchev–Trinajstić information content (AvgIpc) is 2.33. The number of anilines is 1. The number of hydrogen-bond acceptors (Lipinski definition) is 3. The second kappa shape index (κ2) is 5.61. The number of rotatable bonds is 4. The van der Waals surface area contributed by atoms with Gasteiger partial charge in [0.1, 0.15) is 12.4 Å². The van der Waals surface area contributed by atoms with Crippen LogP contribution in [0.5, 0.6) is 5.75 Å². The summed E-state index contributed by atoms with van der Waals surface area (Å²) in [7, 11) is 4.10. The van der Waals surface area contributed by atoms with Crippen molar-refractivity contribution in [3.63, 3.8) is 0 Å². The molecule has 0 spiro atoms. The van der Waals surface area contributed by atoms with E-state index in [0.29, 0.717) is 6.04 Å². The second-order valence-corrected chi connectivity index (χ2v) is 4.87. The van der Waals surface area contributed by atoms with Gasteiger partial charge in [0.05, 0.1) is 11.7 Å². The van der Waals surface area contributed by atoms with E-state index in [1.165, 1.54) is 0 Å². The van der Waals surface area contributed by atoms with E-state index < -0.39 is 0 Å². The number of likely N-dealkylation sites (N-methyl/N-ethyl adjacent to an activating group) is 1. The maximum absolute atomic E-state index is 6.02. The summed E-state index contributed by atoms with van der Waals surface area (Å²) < 4.78 is 5.77. The molecule has 94 valence electrons. The second-order valence-electron chi connectivity index (χ2n) is 4.43. The summed E-state index contributed by atoms with van der Waals surface area (Å²) >= 11 is 6.02. The highest BCUT2D eigenvalue weighted by Crippen LogP contribution is 2.35. The summed E-state index contributed by atoms with van der Waals surface area (Å²) in [6.07, 6.45) is 2.29. The van der Waals surface area contributed by atoms with Crippen molar-refractivity contribution in [1.82, 2.24) is 5.32 Å². The van der Waals surface area contributed by atoms with Gasteiger partial charge in [-0.15, -0.1) is 0 Å². The summed E-state index contributed by atoms with van der Waals surface area (Å²) in [6.45, 7) is 1.81. The van der Waals surface area contributed by atoms with Crippen LogP contribution >= 0.6 is 11.6 Å². The summed E-state index contributed by atoms with van der Waals surface area (Å²) in [6, 6.07) is 6.23. The molecule has 2 rings (SSSR count). The van der Waals surface area contributed by atoms with Gasteiger partial charge in [-0.05, 0) is 44.6 Å². The Balaban J connectivity index is 2.06. The number of ether oxygens (including phenoxy) is 1. The zero-order chi connectivity index (χ0) is 12.3. The van der Waals surface area contributed by atoms with Crippen LogP contribution in [0.2, 0.25) is 5.02 Å². The van der Waals surface area contributed by atoms with Gasteiger partial charge in [0.2, 0.25) is 0 Å². The molecule has 0 saturated heterocycles. The van der Waals surface area contributed by atoms with Crippen molar-refractivity contribution < 1.29 is 4.74 Å². The predicted octanol–water partition coefficient (Wildman–Crippen LogP) is 2.54. The minimum absolute atomic E-state index is 0.439. The minimum Gasteiger partial charge on any atom is -0.489 e. The number of hydrogen-bond donors (Lipinski definition) is 1. The highest BCUT2D eigenvalue weighted by molar-refractivity contribution is 6.30. The van der Waals surface area contributed by atoms with Gasteiger partial charge in [-0.2, -0.15) is 0 Å². The van der Waals surface area contributed by atoms with Crippen LogP contribution in [-0.2, 0) is 0 Å². The van der Waals surface area contributed by atoms with Crippen molar-refractivity contribution in [3.05, 3.63) is 23.2 Å². The van der Waals surface area contributed by atoms with E-state index in [1.54, 1.807) is 0 Å². The van der Waals surface area contributed by atoms with Gasteiger partial charge in [0.25, 0.3) is 0 Å². The Bertz CT molecular complexity index is 384. The fourth-order valence-electron chi connectivity index (χ4n) is 2.17. The zero-order valence-corrected chi connectivity index (χ0v) is 11.1. The quantitative estimate of drug-likeness (QED) is 0.836. The molecule has 0 aromatic heterocycles. The lowest BCUT2D eigenvalue weighted by Crippen LogP contribution is -2.40. The normalized spacial score (nSPS) is 18.8. The zero-order valence-electron chi connectivity index (χ0n) is 10.4. The Morgan fingerprint density at radius 1 is 1.53 bits per heavy atom. The smallest absolute Gasteiger partial charge is 0.142 e. The van der Waals surface area contributed by atoms with Crippen LogP contribution in [0.15, 0.2) is 18.2 Å². The van der Waals surface area contributed by atoms with E-state index in [9.17, 15) is 0 Å². The molecule has 1 N–H and O–H groups in total. The third kappa shape index (κ3) is 2.85. The summed E-state index contributed by atoms with van der Waals surface area (Å²) in [5.41, 5.74) is 1.10. The molecule has 0 saturated carbocycles. The fraction of sp³-hybridized carbons (Fsp3) is 0.538. The molecule has 1 aromatic rings. The van der Waals surface area contributed by atoms with E-state index in [-0.39, 0.29) is 0 Å². The lowest BCUT2D eigenvalue weighted by atomic mass is 10.1. The largest absolute Gasteiger partial charge is 0.489 e. The van der Waals surface area contributed by atoms with Crippen molar-refractivity contribution in [3.8, 4) is 5.75 Å². The van der Waals surface area contributed by atoms with Crippen LogP contribution in [-0.4, -0.2) is 33.3 Å². The Labute approximate surface area is 108 Å². The lowest BCUT2D eigenvalue weighted by Gasteiger charge is -2.36. The van der Waals surface area contributed by atoms with E-state index >= 15 is 0 Å². The fourth-order valence-corrected chi connectivity index (χ4v) is 2.34. The highest BCUT2D eigenvalue weighted by Gasteiger charge is 2.24. The molecule has 0 fully saturated rings. The first-order valence-electron chi connectivity index (χ1n) is 6.02. The molecule has 1 heterocycles. The number of nitrogens with zero attached hydrogens (tertiary/aromatic N) is 1. The average molecular weight is 255 g/mol. The first-order chi connectivity index (χ1) is 8.22. The monoisotopic (exact) mass is 254 g/mol. The van der Waals surface area contributed by atoms with Crippen LogP contribution in [0.3, 0.4) is 0 Å². The molecule has 0 amide bonds. The molecule has 4 heteroatoms. The molecule has 1 atom stereocenters. The van der Waals surface area contributed by atoms with Crippen LogP contribution in [0.4, 0.5) is 5.69 Å². The van der Waals surface area contributed by atoms with Gasteiger partial charge in [-0.1, -0.05) is 11.6 Å². The molecule has 1 aliphatic heterocycles. The first kappa shape index (κ1) is 12.5. The number of nitrogens with one attached hydrogen (secondary N) is 1. The van der Waals surface area contributed by atoms with Crippen molar-refractivity contribution >= 4 is 17.3 Å². The van der Waals surface area contributed by atoms with Gasteiger partial charge >= 0.3 is 0 Å². The molecule has 1 aromatic carbocycles. The molecular weight excluding hydrogens is 236 g/mol. The van der Waals surface area contributed by atoms with E-state index in [1.807, 2.05) is 25.2 Å². The maximum atomic E-state index is 6.02. The van der Waals surface area contributed by atoms with Gasteiger partial charge in [0, 0.05) is 12.1 Å². The third-order valence-corrected chi connectivity index (χ3v) is 3.48. The van der Waals surface area contributed by atoms with E-state index in [2.05, 4.69) is 17.3 Å². The standard InChI is InChI=1S/C13H19ClN2O/c1-15-7-3-4-11-9-17-13-6-5-10(14)8-12(13)16(11)2/h5-6,8,11,15H,3-4,7,9H2,1-2H3. The third-order valence-electron chi connectivity index (χ3n) is 3.24. The van der Waals surface area contributed by atoms with Crippen molar-refractivity contribution in [1.29, 1.82) is 0 Å². The molecule has 1 unspecified atom stereocenters. The summed E-state index contributed by atoms with van der Waals surface area (Å²) in [5, 5.41) is 3.93. The topological polar surface area (TPSA) is 24.5 Å². The lowest BCUT2D eigenvalue weighted by molar-refractivity contribution is 0.258. The van der Waals surface area contributed by atoms with Crippen LogP contribution in [0.1, 0.15) is 12.8 Å². The molecule has 3 nitrogen and oxygen atoms in total. The van der Waals surface area contributed by atoms with Crippen molar-refractivity contribution in [2.24, 2.45) is 0 Å². The Kier molecular flexibility index (Phi) is 4.13. The van der Waals surface area contributed by atoms with Crippen molar-refractivity contribution in [2.75, 3.05) is 32.1 Å². The van der Waals surface area contributed by atoms with Crippen LogP contribution < -0.4 is 15.0 Å². The molecule has 1 aliphatic rings. The van der Waals surface area contributed by atoms with E-state index in [0.717, 1.165) is 42.5 Å². The first-order valence-corrected chi connectivity index (χ1v) is 6.40. The number of fused-ring (bicyclic) bond motifs is 1. The maximum Gasteiger partial charge on any atom is 0.142 e. The minimum atomic E-state index is 0.439.